The molecule has 1 aromatic rings. The maximum absolute atomic E-state index is 12.2. The summed E-state index contributed by atoms with van der Waals surface area (Å²) in [6.45, 7) is 3.59. The minimum absolute atomic E-state index is 0.0187. The number of piperidine rings is 1. The number of amides is 2. The van der Waals surface area contributed by atoms with Gasteiger partial charge in [-0.25, -0.2) is 0 Å². The second-order valence-electron chi connectivity index (χ2n) is 5.68. The number of hydrogen-bond donors (Lipinski definition) is 1. The molecule has 0 aromatic heterocycles. The van der Waals surface area contributed by atoms with Crippen LogP contribution in [0.1, 0.15) is 30.1 Å². The standard InChI is InChI=1S/C15H19N3O4S/c1-10-3-2-6-17(8-10)14(19)9-23-13-5-4-11(15(16)20)7-12(13)18(21)22/h4-5,7,10H,2-3,6,8-9H2,1H3,(H2,16,20). The number of thioether (sulfide) groups is 1. The van der Waals surface area contributed by atoms with Crippen LogP contribution in [0.25, 0.3) is 0 Å². The minimum Gasteiger partial charge on any atom is -0.366 e. The van der Waals surface area contributed by atoms with E-state index in [0.717, 1.165) is 43.8 Å². The Morgan fingerprint density at radius 1 is 1.48 bits per heavy atom. The van der Waals surface area contributed by atoms with E-state index in [1.165, 1.54) is 12.1 Å². The van der Waals surface area contributed by atoms with Gasteiger partial charge in [0.15, 0.2) is 0 Å². The number of nitro benzene ring substituents is 1. The maximum Gasteiger partial charge on any atom is 0.283 e. The summed E-state index contributed by atoms with van der Waals surface area (Å²) < 4.78 is 0. The average molecular weight is 337 g/mol. The SMILES string of the molecule is CC1CCCN(C(=O)CSc2ccc(C(N)=O)cc2[N+](=O)[O-])C1. The fraction of sp³-hybridized carbons (Fsp3) is 0.467. The van der Waals surface area contributed by atoms with E-state index in [9.17, 15) is 19.7 Å². The Hall–Kier alpha value is -2.09. The fourth-order valence-corrected chi connectivity index (χ4v) is 3.49. The Labute approximate surface area is 138 Å². The molecular formula is C15H19N3O4S. The van der Waals surface area contributed by atoms with Crippen molar-refractivity contribution in [2.24, 2.45) is 11.7 Å². The summed E-state index contributed by atoms with van der Waals surface area (Å²) in [6.07, 6.45) is 2.11. The lowest BCUT2D eigenvalue weighted by Crippen LogP contribution is -2.40. The Morgan fingerprint density at radius 3 is 2.83 bits per heavy atom. The maximum atomic E-state index is 12.2. The second-order valence-corrected chi connectivity index (χ2v) is 6.70. The van der Waals surface area contributed by atoms with E-state index in [1.807, 2.05) is 4.90 Å². The van der Waals surface area contributed by atoms with Crippen LogP contribution in [0.2, 0.25) is 0 Å². The van der Waals surface area contributed by atoms with E-state index in [0.29, 0.717) is 10.8 Å². The highest BCUT2D eigenvalue weighted by molar-refractivity contribution is 8.00. The first kappa shape index (κ1) is 17.3. The minimum atomic E-state index is -0.719. The Kier molecular flexibility index (Phi) is 5.59. The zero-order valence-corrected chi connectivity index (χ0v) is 13.7. The number of nitro groups is 1. The molecule has 1 aliphatic rings. The molecular weight excluding hydrogens is 318 g/mol. The molecule has 0 radical (unpaired) electrons. The zero-order chi connectivity index (χ0) is 17.0. The number of primary amides is 1. The van der Waals surface area contributed by atoms with Crippen LogP contribution < -0.4 is 5.73 Å². The molecule has 8 heteroatoms. The van der Waals surface area contributed by atoms with Crippen molar-refractivity contribution in [2.45, 2.75) is 24.7 Å². The van der Waals surface area contributed by atoms with Gasteiger partial charge in [0.05, 0.1) is 15.6 Å². The molecule has 2 N–H and O–H groups in total. The highest BCUT2D eigenvalue weighted by Gasteiger charge is 2.23. The first-order valence-electron chi connectivity index (χ1n) is 7.37. The van der Waals surface area contributed by atoms with Crippen LogP contribution in [0.3, 0.4) is 0 Å². The molecule has 2 amide bonds. The van der Waals surface area contributed by atoms with E-state index in [-0.39, 0.29) is 22.9 Å². The van der Waals surface area contributed by atoms with Crippen molar-refractivity contribution >= 4 is 29.3 Å². The molecule has 0 spiro atoms. The van der Waals surface area contributed by atoms with Gasteiger partial charge in [0.25, 0.3) is 5.69 Å². The number of nitrogens with zero attached hydrogens (tertiary/aromatic N) is 2. The summed E-state index contributed by atoms with van der Waals surface area (Å²) in [5.41, 5.74) is 5.01. The third-order valence-corrected chi connectivity index (χ3v) is 4.85. The lowest BCUT2D eigenvalue weighted by atomic mass is 10.0. The molecule has 2 rings (SSSR count). The smallest absolute Gasteiger partial charge is 0.283 e. The molecule has 7 nitrogen and oxygen atoms in total. The van der Waals surface area contributed by atoms with E-state index in [4.69, 9.17) is 5.73 Å². The number of likely N-dealkylation sites (tertiary alicyclic amines) is 1. The molecule has 23 heavy (non-hydrogen) atoms. The van der Waals surface area contributed by atoms with Gasteiger partial charge in [-0.05, 0) is 30.9 Å². The predicted molar refractivity (Wildman–Crippen MR) is 87.3 cm³/mol. The largest absolute Gasteiger partial charge is 0.366 e. The van der Waals surface area contributed by atoms with Gasteiger partial charge in [0.2, 0.25) is 11.8 Å². The number of benzene rings is 1. The quantitative estimate of drug-likeness (QED) is 0.503. The summed E-state index contributed by atoms with van der Waals surface area (Å²) in [6, 6.07) is 4.05. The Balaban J connectivity index is 2.06. The summed E-state index contributed by atoms with van der Waals surface area (Å²) in [5, 5.41) is 11.1. The molecule has 1 saturated heterocycles. The van der Waals surface area contributed by atoms with E-state index >= 15 is 0 Å². The third-order valence-electron chi connectivity index (χ3n) is 3.80. The number of rotatable bonds is 5. The van der Waals surface area contributed by atoms with E-state index < -0.39 is 10.8 Å². The molecule has 1 fully saturated rings. The first-order chi connectivity index (χ1) is 10.9. The summed E-state index contributed by atoms with van der Waals surface area (Å²) in [5.74, 6) is -0.108. The average Bonchev–Trinajstić information content (AvgIpc) is 2.52. The van der Waals surface area contributed by atoms with Crippen LogP contribution >= 0.6 is 11.8 Å². The van der Waals surface area contributed by atoms with Gasteiger partial charge in [0, 0.05) is 24.7 Å². The van der Waals surface area contributed by atoms with Crippen LogP contribution in [-0.2, 0) is 4.79 Å². The Bertz CT molecular complexity index is 635. The van der Waals surface area contributed by atoms with Crippen molar-refractivity contribution in [1.82, 2.24) is 4.90 Å². The van der Waals surface area contributed by atoms with Crippen molar-refractivity contribution in [2.75, 3.05) is 18.8 Å². The van der Waals surface area contributed by atoms with Gasteiger partial charge < -0.3 is 10.6 Å². The number of hydrogen-bond acceptors (Lipinski definition) is 5. The molecule has 124 valence electrons. The van der Waals surface area contributed by atoms with Crippen molar-refractivity contribution in [1.29, 1.82) is 0 Å². The molecule has 1 atom stereocenters. The van der Waals surface area contributed by atoms with Crippen LogP contribution in [0, 0.1) is 16.0 Å². The second kappa shape index (κ2) is 7.45. The summed E-state index contributed by atoms with van der Waals surface area (Å²) in [4.78, 5) is 36.1. The first-order valence-corrected chi connectivity index (χ1v) is 8.36. The number of carbonyl (C=O) groups is 2. The van der Waals surface area contributed by atoms with Gasteiger partial charge in [-0.3, -0.25) is 19.7 Å². The van der Waals surface area contributed by atoms with Crippen molar-refractivity contribution in [3.63, 3.8) is 0 Å². The van der Waals surface area contributed by atoms with Crippen molar-refractivity contribution < 1.29 is 14.5 Å². The molecule has 1 unspecified atom stereocenters. The van der Waals surface area contributed by atoms with Gasteiger partial charge in [-0.2, -0.15) is 0 Å². The molecule has 1 aromatic carbocycles. The van der Waals surface area contributed by atoms with Gasteiger partial charge in [-0.1, -0.05) is 6.92 Å². The van der Waals surface area contributed by atoms with Gasteiger partial charge in [0.1, 0.15) is 0 Å². The van der Waals surface area contributed by atoms with Gasteiger partial charge >= 0.3 is 0 Å². The van der Waals surface area contributed by atoms with Crippen LogP contribution in [-0.4, -0.2) is 40.5 Å². The van der Waals surface area contributed by atoms with Gasteiger partial charge in [-0.15, -0.1) is 11.8 Å². The van der Waals surface area contributed by atoms with Crippen molar-refractivity contribution in [3.05, 3.63) is 33.9 Å². The van der Waals surface area contributed by atoms with Crippen LogP contribution in [0.4, 0.5) is 5.69 Å². The highest BCUT2D eigenvalue weighted by atomic mass is 32.2. The van der Waals surface area contributed by atoms with E-state index in [2.05, 4.69) is 6.92 Å². The topological polar surface area (TPSA) is 107 Å². The predicted octanol–water partition coefficient (Wildman–Crippen LogP) is 2.04. The van der Waals surface area contributed by atoms with Crippen LogP contribution in [0.15, 0.2) is 23.1 Å². The molecule has 0 aliphatic carbocycles. The fourth-order valence-electron chi connectivity index (χ4n) is 2.58. The van der Waals surface area contributed by atoms with Crippen LogP contribution in [0.5, 0.6) is 0 Å². The lowest BCUT2D eigenvalue weighted by Gasteiger charge is -2.30. The molecule has 0 saturated carbocycles. The summed E-state index contributed by atoms with van der Waals surface area (Å²) >= 11 is 1.11. The third kappa shape index (κ3) is 4.44. The lowest BCUT2D eigenvalue weighted by molar-refractivity contribution is -0.387. The number of carbonyl (C=O) groups excluding carboxylic acids is 2. The molecule has 1 aliphatic heterocycles. The Morgan fingerprint density at radius 2 is 2.22 bits per heavy atom. The monoisotopic (exact) mass is 337 g/mol. The normalized spacial score (nSPS) is 17.8. The van der Waals surface area contributed by atoms with E-state index in [1.54, 1.807) is 0 Å². The summed E-state index contributed by atoms with van der Waals surface area (Å²) in [7, 11) is 0. The molecule has 1 heterocycles. The number of nitrogens with two attached hydrogens (primary N) is 1. The molecule has 0 bridgehead atoms. The van der Waals surface area contributed by atoms with Crippen molar-refractivity contribution in [3.8, 4) is 0 Å². The highest BCUT2D eigenvalue weighted by Crippen LogP contribution is 2.30. The zero-order valence-electron chi connectivity index (χ0n) is 12.9.